The van der Waals surface area contributed by atoms with Gasteiger partial charge in [0.15, 0.2) is 0 Å². The van der Waals surface area contributed by atoms with Gasteiger partial charge in [-0.25, -0.2) is 4.98 Å². The van der Waals surface area contributed by atoms with Crippen molar-refractivity contribution in [3.63, 3.8) is 0 Å². The Morgan fingerprint density at radius 3 is 2.38 bits per heavy atom. The van der Waals surface area contributed by atoms with Crippen LogP contribution < -0.4 is 20.1 Å². The molecule has 1 heterocycles. The number of aromatic nitrogens is 1. The summed E-state index contributed by atoms with van der Waals surface area (Å²) in [4.78, 5) is 28.4. The number of carbonyl (C=O) groups excluding carboxylic acids is 2. The van der Waals surface area contributed by atoms with E-state index in [1.165, 1.54) is 6.08 Å². The number of benzene rings is 2. The van der Waals surface area contributed by atoms with Crippen molar-refractivity contribution < 1.29 is 19.1 Å². The third kappa shape index (κ3) is 7.55. The molecule has 0 bridgehead atoms. The highest BCUT2D eigenvalue weighted by molar-refractivity contribution is 7.09. The van der Waals surface area contributed by atoms with Gasteiger partial charge < -0.3 is 20.1 Å². The average Bonchev–Trinajstić information content (AvgIpc) is 3.22. The number of rotatable bonds is 10. The van der Waals surface area contributed by atoms with Crippen molar-refractivity contribution in [3.05, 3.63) is 76.3 Å². The number of aryl methyl sites for hydroxylation is 1. The van der Waals surface area contributed by atoms with E-state index in [-0.39, 0.29) is 18.4 Å². The number of nitrogens with one attached hydrogen (secondary N) is 2. The van der Waals surface area contributed by atoms with E-state index < -0.39 is 0 Å². The van der Waals surface area contributed by atoms with Crippen LogP contribution in [0.4, 0.5) is 5.69 Å². The highest BCUT2D eigenvalue weighted by Gasteiger charge is 2.05. The zero-order valence-electron chi connectivity index (χ0n) is 18.0. The van der Waals surface area contributed by atoms with Crippen LogP contribution in [-0.2, 0) is 16.2 Å². The van der Waals surface area contributed by atoms with E-state index in [1.807, 2.05) is 43.5 Å². The lowest BCUT2D eigenvalue weighted by molar-refractivity contribution is -0.121. The normalized spacial score (nSPS) is 10.7. The summed E-state index contributed by atoms with van der Waals surface area (Å²) >= 11 is 1.59. The van der Waals surface area contributed by atoms with Gasteiger partial charge in [0.2, 0.25) is 11.8 Å². The second-order valence-electron chi connectivity index (χ2n) is 6.77. The Bertz CT molecular complexity index is 1060. The molecule has 3 aromatic rings. The van der Waals surface area contributed by atoms with Gasteiger partial charge in [-0.1, -0.05) is 12.1 Å². The molecule has 0 saturated heterocycles. The maximum atomic E-state index is 12.0. The van der Waals surface area contributed by atoms with Crippen molar-refractivity contribution in [3.8, 4) is 11.5 Å². The van der Waals surface area contributed by atoms with Crippen LogP contribution in [0.3, 0.4) is 0 Å². The van der Waals surface area contributed by atoms with Crippen molar-refractivity contribution in [1.29, 1.82) is 0 Å². The largest absolute Gasteiger partial charge is 0.494 e. The van der Waals surface area contributed by atoms with Gasteiger partial charge in [-0.05, 0) is 61.9 Å². The van der Waals surface area contributed by atoms with Crippen molar-refractivity contribution in [2.24, 2.45) is 0 Å². The molecule has 0 saturated carbocycles. The minimum absolute atomic E-state index is 0.126. The summed E-state index contributed by atoms with van der Waals surface area (Å²) in [6, 6.07) is 14.4. The topological polar surface area (TPSA) is 89.6 Å². The molecular weight excluding hydrogens is 426 g/mol. The minimum atomic E-state index is -0.355. The van der Waals surface area contributed by atoms with E-state index in [4.69, 9.17) is 9.47 Å². The lowest BCUT2D eigenvalue weighted by atomic mass is 10.2. The van der Waals surface area contributed by atoms with Crippen LogP contribution in [0.1, 0.15) is 23.2 Å². The molecule has 166 valence electrons. The third-order valence-electron chi connectivity index (χ3n) is 4.23. The number of ether oxygens (including phenoxy) is 2. The Kier molecular flexibility index (Phi) is 8.39. The minimum Gasteiger partial charge on any atom is -0.494 e. The molecule has 0 aliphatic carbocycles. The quantitative estimate of drug-likeness (QED) is 0.451. The monoisotopic (exact) mass is 451 g/mol. The molecule has 0 aliphatic rings. The lowest BCUT2D eigenvalue weighted by Gasteiger charge is -2.07. The molecule has 2 N–H and O–H groups in total. The van der Waals surface area contributed by atoms with Gasteiger partial charge in [-0.2, -0.15) is 0 Å². The molecule has 0 radical (unpaired) electrons. The maximum absolute atomic E-state index is 12.0. The maximum Gasteiger partial charge on any atom is 0.244 e. The zero-order valence-corrected chi connectivity index (χ0v) is 18.8. The van der Waals surface area contributed by atoms with Crippen molar-refractivity contribution in [1.82, 2.24) is 10.3 Å². The molecule has 0 atom stereocenters. The summed E-state index contributed by atoms with van der Waals surface area (Å²) < 4.78 is 11.1. The molecule has 8 heteroatoms. The molecule has 3 rings (SSSR count). The highest BCUT2D eigenvalue weighted by Crippen LogP contribution is 2.17. The first-order valence-electron chi connectivity index (χ1n) is 10.1. The lowest BCUT2D eigenvalue weighted by Crippen LogP contribution is -2.31. The van der Waals surface area contributed by atoms with Crippen molar-refractivity contribution >= 4 is 34.9 Å². The number of anilines is 1. The fraction of sp³-hybridized carbons (Fsp3) is 0.208. The van der Waals surface area contributed by atoms with Crippen LogP contribution in [0.5, 0.6) is 11.5 Å². The molecule has 0 unspecified atom stereocenters. The van der Waals surface area contributed by atoms with Gasteiger partial charge in [0.1, 0.15) is 18.1 Å². The van der Waals surface area contributed by atoms with E-state index in [2.05, 4.69) is 15.6 Å². The number of thiazole rings is 1. The standard InChI is InChI=1S/C24H25N3O4S/c1-3-30-21-11-7-19(8-12-21)27-24(29)14-25-23(28)13-6-18-4-9-22(10-5-18)31-15-20-16-32-17(2)26-20/h4-13,16H,3,14-15H2,1-2H3,(H,25,28)(H,27,29)/b13-6+. The van der Waals surface area contributed by atoms with Gasteiger partial charge in [-0.3, -0.25) is 9.59 Å². The fourth-order valence-electron chi connectivity index (χ4n) is 2.71. The predicted octanol–water partition coefficient (Wildman–Crippen LogP) is 4.20. The van der Waals surface area contributed by atoms with Crippen LogP contribution in [0.2, 0.25) is 0 Å². The Morgan fingerprint density at radius 1 is 1.03 bits per heavy atom. The molecule has 2 aromatic carbocycles. The van der Waals surface area contributed by atoms with Gasteiger partial charge in [-0.15, -0.1) is 11.3 Å². The molecule has 2 amide bonds. The number of amides is 2. The summed E-state index contributed by atoms with van der Waals surface area (Å²) in [5.41, 5.74) is 2.38. The van der Waals surface area contributed by atoms with Crippen LogP contribution in [0.15, 0.2) is 60.0 Å². The summed E-state index contributed by atoms with van der Waals surface area (Å²) in [7, 11) is 0. The van der Waals surface area contributed by atoms with Gasteiger partial charge in [0.25, 0.3) is 0 Å². The summed E-state index contributed by atoms with van der Waals surface area (Å²) in [6.07, 6.45) is 3.06. The SMILES string of the molecule is CCOc1ccc(NC(=O)CNC(=O)/C=C/c2ccc(OCc3csc(C)n3)cc2)cc1. The number of hydrogen-bond acceptors (Lipinski definition) is 6. The third-order valence-corrected chi connectivity index (χ3v) is 5.06. The molecule has 0 aliphatic heterocycles. The Morgan fingerprint density at radius 2 is 1.72 bits per heavy atom. The zero-order chi connectivity index (χ0) is 22.8. The molecule has 7 nitrogen and oxygen atoms in total. The van der Waals surface area contributed by atoms with Gasteiger partial charge in [0, 0.05) is 17.1 Å². The molecular formula is C24H25N3O4S. The van der Waals surface area contributed by atoms with Crippen LogP contribution in [0.25, 0.3) is 6.08 Å². The fourth-order valence-corrected chi connectivity index (χ4v) is 3.31. The number of hydrogen-bond donors (Lipinski definition) is 2. The van der Waals surface area contributed by atoms with E-state index in [0.29, 0.717) is 18.9 Å². The Balaban J connectivity index is 1.40. The molecule has 0 spiro atoms. The van der Waals surface area contributed by atoms with Crippen molar-refractivity contribution in [2.45, 2.75) is 20.5 Å². The predicted molar refractivity (Wildman–Crippen MR) is 126 cm³/mol. The number of nitrogens with zero attached hydrogens (tertiary/aromatic N) is 1. The summed E-state index contributed by atoms with van der Waals surface area (Å²) in [5, 5.41) is 8.27. The Labute approximate surface area is 191 Å². The van der Waals surface area contributed by atoms with Crippen LogP contribution in [0, 0.1) is 6.92 Å². The first-order valence-corrected chi connectivity index (χ1v) is 11.0. The van der Waals surface area contributed by atoms with E-state index in [0.717, 1.165) is 27.8 Å². The highest BCUT2D eigenvalue weighted by atomic mass is 32.1. The molecule has 0 fully saturated rings. The van der Waals surface area contributed by atoms with Crippen LogP contribution >= 0.6 is 11.3 Å². The van der Waals surface area contributed by atoms with E-state index >= 15 is 0 Å². The average molecular weight is 452 g/mol. The first kappa shape index (κ1) is 23.0. The summed E-state index contributed by atoms with van der Waals surface area (Å²) in [6.45, 7) is 4.73. The second kappa shape index (κ2) is 11.7. The first-order chi connectivity index (χ1) is 15.5. The smallest absolute Gasteiger partial charge is 0.244 e. The Hall–Kier alpha value is -3.65. The molecule has 32 heavy (non-hydrogen) atoms. The van der Waals surface area contributed by atoms with Crippen LogP contribution in [-0.4, -0.2) is 29.9 Å². The second-order valence-corrected chi connectivity index (χ2v) is 7.83. The van der Waals surface area contributed by atoms with Gasteiger partial charge >= 0.3 is 0 Å². The molecule has 1 aromatic heterocycles. The van der Waals surface area contributed by atoms with Gasteiger partial charge in [0.05, 0.1) is 23.9 Å². The number of carbonyl (C=O) groups is 2. The summed E-state index contributed by atoms with van der Waals surface area (Å²) in [5.74, 6) is 0.792. The van der Waals surface area contributed by atoms with Crippen molar-refractivity contribution in [2.75, 3.05) is 18.5 Å². The van der Waals surface area contributed by atoms with E-state index in [9.17, 15) is 9.59 Å². The van der Waals surface area contributed by atoms with E-state index in [1.54, 1.807) is 41.7 Å².